The van der Waals surface area contributed by atoms with E-state index in [1.807, 2.05) is 0 Å². The average Bonchev–Trinajstić information content (AvgIpc) is 2.16. The molecule has 0 atom stereocenters. The van der Waals surface area contributed by atoms with Crippen molar-refractivity contribution in [2.45, 2.75) is 0 Å². The van der Waals surface area contributed by atoms with Crippen LogP contribution in [0.1, 0.15) is 15.9 Å². The molecule has 1 aromatic carbocycles. The van der Waals surface area contributed by atoms with Crippen LogP contribution in [-0.4, -0.2) is 22.8 Å². The summed E-state index contributed by atoms with van der Waals surface area (Å²) in [5.41, 5.74) is 6.18. The quantitative estimate of drug-likeness (QED) is 0.440. The van der Waals surface area contributed by atoms with E-state index < -0.39 is 5.97 Å². The van der Waals surface area contributed by atoms with Gasteiger partial charge in [0.2, 0.25) is 0 Å². The second-order valence-corrected chi connectivity index (χ2v) is 2.57. The second-order valence-electron chi connectivity index (χ2n) is 2.57. The Kier molecular flexibility index (Phi) is 3.10. The number of carbonyl (C=O) groups is 1. The fourth-order valence-corrected chi connectivity index (χ4v) is 0.961. The molecule has 0 heterocycles. The second kappa shape index (κ2) is 4.30. The maximum atomic E-state index is 10.7. The van der Waals surface area contributed by atoms with E-state index in [0.717, 1.165) is 0 Å². The first-order valence-corrected chi connectivity index (χ1v) is 3.87. The molecular formula is C10H9NO3. The summed E-state index contributed by atoms with van der Waals surface area (Å²) in [5, 5.41) is 17.2. The average molecular weight is 191 g/mol. The van der Waals surface area contributed by atoms with Crippen molar-refractivity contribution in [3.63, 3.8) is 0 Å². The molecule has 14 heavy (non-hydrogen) atoms. The van der Waals surface area contributed by atoms with Crippen LogP contribution in [0, 0.1) is 11.8 Å². The Hall–Kier alpha value is -1.99. The number of carboxylic acids is 1. The number of nitrogen functional groups attached to an aromatic ring is 1. The summed E-state index contributed by atoms with van der Waals surface area (Å²) in [6.45, 7) is -0.257. The van der Waals surface area contributed by atoms with E-state index in [0.29, 0.717) is 5.56 Å². The van der Waals surface area contributed by atoms with Gasteiger partial charge in [-0.1, -0.05) is 11.8 Å². The van der Waals surface area contributed by atoms with Gasteiger partial charge in [-0.05, 0) is 18.2 Å². The molecule has 0 bridgehead atoms. The monoisotopic (exact) mass is 191 g/mol. The molecule has 0 saturated carbocycles. The van der Waals surface area contributed by atoms with Crippen LogP contribution >= 0.6 is 0 Å². The van der Waals surface area contributed by atoms with Crippen LogP contribution < -0.4 is 5.73 Å². The molecule has 0 fully saturated rings. The summed E-state index contributed by atoms with van der Waals surface area (Å²) in [7, 11) is 0. The lowest BCUT2D eigenvalue weighted by atomic mass is 10.1. The highest BCUT2D eigenvalue weighted by Crippen LogP contribution is 2.13. The van der Waals surface area contributed by atoms with E-state index in [9.17, 15) is 4.79 Å². The normalized spacial score (nSPS) is 8.93. The van der Waals surface area contributed by atoms with Crippen molar-refractivity contribution in [1.82, 2.24) is 0 Å². The first kappa shape index (κ1) is 10.1. The number of benzene rings is 1. The van der Waals surface area contributed by atoms with E-state index in [2.05, 4.69) is 11.8 Å². The summed E-state index contributed by atoms with van der Waals surface area (Å²) in [5.74, 6) is 3.93. The zero-order valence-corrected chi connectivity index (χ0v) is 7.32. The van der Waals surface area contributed by atoms with Crippen LogP contribution in [0.25, 0.3) is 0 Å². The third kappa shape index (κ3) is 2.25. The Bertz CT molecular complexity index is 415. The van der Waals surface area contributed by atoms with Gasteiger partial charge in [-0.2, -0.15) is 0 Å². The number of aliphatic hydroxyl groups excluding tert-OH is 1. The number of aromatic carboxylic acids is 1. The van der Waals surface area contributed by atoms with E-state index >= 15 is 0 Å². The van der Waals surface area contributed by atoms with E-state index in [1.54, 1.807) is 6.07 Å². The molecule has 0 spiro atoms. The number of anilines is 1. The first-order chi connectivity index (χ1) is 6.65. The van der Waals surface area contributed by atoms with Crippen LogP contribution in [0.4, 0.5) is 5.69 Å². The van der Waals surface area contributed by atoms with Crippen molar-refractivity contribution in [2.24, 2.45) is 0 Å². The minimum Gasteiger partial charge on any atom is -0.478 e. The fraction of sp³-hybridized carbons (Fsp3) is 0.100. The molecule has 0 saturated heterocycles. The van der Waals surface area contributed by atoms with Crippen LogP contribution in [0.15, 0.2) is 18.2 Å². The van der Waals surface area contributed by atoms with Crippen molar-refractivity contribution >= 4 is 11.7 Å². The molecule has 0 aliphatic heterocycles. The van der Waals surface area contributed by atoms with E-state index in [-0.39, 0.29) is 17.9 Å². The Morgan fingerprint density at radius 2 is 2.21 bits per heavy atom. The zero-order valence-electron chi connectivity index (χ0n) is 7.32. The summed E-state index contributed by atoms with van der Waals surface area (Å²) >= 11 is 0. The van der Waals surface area contributed by atoms with Gasteiger partial charge in [0.25, 0.3) is 0 Å². The lowest BCUT2D eigenvalue weighted by Gasteiger charge is -2.00. The molecule has 72 valence electrons. The third-order valence-electron chi connectivity index (χ3n) is 1.60. The highest BCUT2D eigenvalue weighted by Gasteiger charge is 2.07. The van der Waals surface area contributed by atoms with Crippen molar-refractivity contribution in [1.29, 1.82) is 0 Å². The lowest BCUT2D eigenvalue weighted by Crippen LogP contribution is -2.02. The van der Waals surface area contributed by atoms with Crippen molar-refractivity contribution in [2.75, 3.05) is 12.3 Å². The lowest BCUT2D eigenvalue weighted by molar-refractivity contribution is 0.0698. The molecule has 0 unspecified atom stereocenters. The molecule has 4 heteroatoms. The van der Waals surface area contributed by atoms with Crippen molar-refractivity contribution < 1.29 is 15.0 Å². The van der Waals surface area contributed by atoms with Crippen LogP contribution in [0.5, 0.6) is 0 Å². The summed E-state index contributed by atoms with van der Waals surface area (Å²) in [6.07, 6.45) is 0. The van der Waals surface area contributed by atoms with Crippen molar-refractivity contribution in [3.05, 3.63) is 29.3 Å². The molecule has 4 N–H and O–H groups in total. The molecule has 0 aliphatic rings. The van der Waals surface area contributed by atoms with Gasteiger partial charge >= 0.3 is 5.97 Å². The Morgan fingerprint density at radius 3 is 2.79 bits per heavy atom. The van der Waals surface area contributed by atoms with E-state index in [1.165, 1.54) is 12.1 Å². The smallest absolute Gasteiger partial charge is 0.337 e. The van der Waals surface area contributed by atoms with Gasteiger partial charge in [-0.3, -0.25) is 0 Å². The maximum Gasteiger partial charge on any atom is 0.337 e. The number of nitrogens with two attached hydrogens (primary N) is 1. The molecule has 0 radical (unpaired) electrons. The van der Waals surface area contributed by atoms with Gasteiger partial charge in [0, 0.05) is 11.3 Å². The number of rotatable bonds is 1. The Labute approximate surface area is 81.0 Å². The molecule has 0 amide bonds. The SMILES string of the molecule is Nc1ccc(C#CCO)cc1C(=O)O. The Morgan fingerprint density at radius 1 is 1.50 bits per heavy atom. The minimum absolute atomic E-state index is 0.0229. The fourth-order valence-electron chi connectivity index (χ4n) is 0.961. The number of hydrogen-bond donors (Lipinski definition) is 3. The minimum atomic E-state index is -1.09. The number of hydrogen-bond acceptors (Lipinski definition) is 3. The van der Waals surface area contributed by atoms with Crippen LogP contribution in [0.2, 0.25) is 0 Å². The Balaban J connectivity index is 3.13. The predicted molar refractivity (Wildman–Crippen MR) is 51.8 cm³/mol. The molecule has 0 aromatic heterocycles. The number of carboxylic acid groups (broad SMARTS) is 1. The summed E-state index contributed by atoms with van der Waals surface area (Å²) < 4.78 is 0. The van der Waals surface area contributed by atoms with Gasteiger partial charge in [0.15, 0.2) is 0 Å². The molecular weight excluding hydrogens is 182 g/mol. The highest BCUT2D eigenvalue weighted by molar-refractivity contribution is 5.94. The van der Waals surface area contributed by atoms with Crippen LogP contribution in [0.3, 0.4) is 0 Å². The van der Waals surface area contributed by atoms with Gasteiger partial charge in [-0.15, -0.1) is 0 Å². The van der Waals surface area contributed by atoms with E-state index in [4.69, 9.17) is 15.9 Å². The third-order valence-corrected chi connectivity index (χ3v) is 1.60. The molecule has 1 aromatic rings. The van der Waals surface area contributed by atoms with Gasteiger partial charge < -0.3 is 15.9 Å². The molecule has 0 aliphatic carbocycles. The molecule has 1 rings (SSSR count). The standard InChI is InChI=1S/C10H9NO3/c11-9-4-3-7(2-1-5-12)6-8(9)10(13)14/h3-4,6,12H,5,11H2,(H,13,14). The van der Waals surface area contributed by atoms with Gasteiger partial charge in [0.1, 0.15) is 6.61 Å². The predicted octanol–water partition coefficient (Wildman–Crippen LogP) is 0.311. The van der Waals surface area contributed by atoms with Crippen LogP contribution in [-0.2, 0) is 0 Å². The zero-order chi connectivity index (χ0) is 10.6. The number of aliphatic hydroxyl groups is 1. The topological polar surface area (TPSA) is 83.5 Å². The van der Waals surface area contributed by atoms with Crippen molar-refractivity contribution in [3.8, 4) is 11.8 Å². The van der Waals surface area contributed by atoms with Gasteiger partial charge in [0.05, 0.1) is 5.56 Å². The summed E-state index contributed by atoms with van der Waals surface area (Å²) in [6, 6.07) is 4.45. The highest BCUT2D eigenvalue weighted by atomic mass is 16.4. The summed E-state index contributed by atoms with van der Waals surface area (Å²) in [4.78, 5) is 10.7. The first-order valence-electron chi connectivity index (χ1n) is 3.87. The largest absolute Gasteiger partial charge is 0.478 e. The maximum absolute atomic E-state index is 10.7. The van der Waals surface area contributed by atoms with Gasteiger partial charge in [-0.25, -0.2) is 4.79 Å². The molecule has 4 nitrogen and oxygen atoms in total.